The van der Waals surface area contributed by atoms with Gasteiger partial charge in [-0.2, -0.15) is 17.0 Å². The molecular weight excluding hydrogens is 288 g/mol. The monoisotopic (exact) mass is 306 g/mol. The van der Waals surface area contributed by atoms with E-state index < -0.39 is 16.2 Å². The van der Waals surface area contributed by atoms with E-state index in [0.29, 0.717) is 6.54 Å². The molecule has 0 aromatic carbocycles. The van der Waals surface area contributed by atoms with Crippen LogP contribution in [0, 0.1) is 0 Å². The molecule has 1 aromatic heterocycles. The van der Waals surface area contributed by atoms with Crippen LogP contribution in [0.2, 0.25) is 0 Å². The largest absolute Gasteiger partial charge is 0.469 e. The van der Waals surface area contributed by atoms with Gasteiger partial charge in [0.15, 0.2) is 0 Å². The Balaban J connectivity index is 2.60. The SMILES string of the molecule is COC(=O)CCN(C)S(=O)(=O)N(C)Cc1cccs1. The Kier molecular flexibility index (Phi) is 5.92. The average Bonchev–Trinajstić information content (AvgIpc) is 2.87. The fraction of sp³-hybridized carbons (Fsp3) is 0.545. The van der Waals surface area contributed by atoms with Gasteiger partial charge in [0.05, 0.1) is 13.5 Å². The van der Waals surface area contributed by atoms with Crippen molar-refractivity contribution in [3.8, 4) is 0 Å². The summed E-state index contributed by atoms with van der Waals surface area (Å²) in [5.74, 6) is -0.428. The van der Waals surface area contributed by atoms with Crippen molar-refractivity contribution in [3.05, 3.63) is 22.4 Å². The molecule has 1 aromatic rings. The average molecular weight is 306 g/mol. The second-order valence-corrected chi connectivity index (χ2v) is 7.17. The number of esters is 1. The molecule has 108 valence electrons. The van der Waals surface area contributed by atoms with Crippen molar-refractivity contribution in [3.63, 3.8) is 0 Å². The summed E-state index contributed by atoms with van der Waals surface area (Å²) >= 11 is 1.50. The third kappa shape index (κ3) is 4.57. The number of hydrogen-bond donors (Lipinski definition) is 0. The number of thiophene rings is 1. The predicted octanol–water partition coefficient (Wildman–Crippen LogP) is 0.920. The Bertz CT molecular complexity index is 499. The van der Waals surface area contributed by atoms with Crippen LogP contribution in [0.4, 0.5) is 0 Å². The van der Waals surface area contributed by atoms with Crippen LogP contribution in [0.3, 0.4) is 0 Å². The topological polar surface area (TPSA) is 66.9 Å². The second kappa shape index (κ2) is 6.99. The van der Waals surface area contributed by atoms with Gasteiger partial charge in [-0.1, -0.05) is 6.07 Å². The molecule has 8 heteroatoms. The van der Waals surface area contributed by atoms with Crippen LogP contribution in [0.25, 0.3) is 0 Å². The molecule has 0 saturated heterocycles. The van der Waals surface area contributed by atoms with Crippen molar-refractivity contribution < 1.29 is 17.9 Å². The third-order valence-corrected chi connectivity index (χ3v) is 5.35. The molecule has 0 fully saturated rings. The zero-order chi connectivity index (χ0) is 14.5. The van der Waals surface area contributed by atoms with Crippen molar-refractivity contribution in [2.45, 2.75) is 13.0 Å². The molecule has 6 nitrogen and oxygen atoms in total. The minimum Gasteiger partial charge on any atom is -0.469 e. The summed E-state index contributed by atoms with van der Waals surface area (Å²) in [6, 6.07) is 3.76. The quantitative estimate of drug-likeness (QED) is 0.703. The molecule has 0 N–H and O–H groups in total. The first kappa shape index (κ1) is 16.1. The number of carbonyl (C=O) groups is 1. The fourth-order valence-electron chi connectivity index (χ4n) is 1.41. The lowest BCUT2D eigenvalue weighted by Crippen LogP contribution is -2.40. The van der Waals surface area contributed by atoms with Crippen LogP contribution < -0.4 is 0 Å². The van der Waals surface area contributed by atoms with E-state index in [1.165, 1.54) is 36.8 Å². The number of ether oxygens (including phenoxy) is 1. The second-order valence-electron chi connectivity index (χ2n) is 3.99. The summed E-state index contributed by atoms with van der Waals surface area (Å²) in [5.41, 5.74) is 0. The maximum atomic E-state index is 12.2. The number of carbonyl (C=O) groups excluding carboxylic acids is 1. The van der Waals surface area contributed by atoms with Gasteiger partial charge in [-0.3, -0.25) is 4.79 Å². The smallest absolute Gasteiger partial charge is 0.306 e. The van der Waals surface area contributed by atoms with Gasteiger partial charge in [-0.15, -0.1) is 11.3 Å². The highest BCUT2D eigenvalue weighted by Crippen LogP contribution is 2.14. The first-order valence-electron chi connectivity index (χ1n) is 5.64. The first-order valence-corrected chi connectivity index (χ1v) is 7.92. The van der Waals surface area contributed by atoms with Crippen molar-refractivity contribution in [1.29, 1.82) is 0 Å². The van der Waals surface area contributed by atoms with Crippen molar-refractivity contribution in [1.82, 2.24) is 8.61 Å². The van der Waals surface area contributed by atoms with E-state index in [4.69, 9.17) is 0 Å². The minimum absolute atomic E-state index is 0.0407. The van der Waals surface area contributed by atoms with Gasteiger partial charge in [0.1, 0.15) is 0 Å². The molecule has 0 aliphatic rings. The molecule has 0 saturated carbocycles. The van der Waals surface area contributed by atoms with Crippen LogP contribution in [0.15, 0.2) is 17.5 Å². The predicted molar refractivity (Wildman–Crippen MR) is 74.0 cm³/mol. The maximum Gasteiger partial charge on any atom is 0.306 e. The summed E-state index contributed by atoms with van der Waals surface area (Å²) in [6.07, 6.45) is 0.0407. The van der Waals surface area contributed by atoms with Crippen LogP contribution >= 0.6 is 11.3 Å². The number of methoxy groups -OCH3 is 1. The molecular formula is C11H18N2O4S2. The number of hydrogen-bond acceptors (Lipinski definition) is 5. The van der Waals surface area contributed by atoms with E-state index >= 15 is 0 Å². The van der Waals surface area contributed by atoms with Gasteiger partial charge in [0.25, 0.3) is 10.2 Å². The van der Waals surface area contributed by atoms with Crippen molar-refractivity contribution in [2.75, 3.05) is 27.7 Å². The normalized spacial score (nSPS) is 12.1. The van der Waals surface area contributed by atoms with Gasteiger partial charge >= 0.3 is 5.97 Å². The molecule has 19 heavy (non-hydrogen) atoms. The number of nitrogens with zero attached hydrogens (tertiary/aromatic N) is 2. The van der Waals surface area contributed by atoms with E-state index in [2.05, 4.69) is 4.74 Å². The maximum absolute atomic E-state index is 12.2. The molecule has 1 heterocycles. The molecule has 0 spiro atoms. The highest BCUT2D eigenvalue weighted by molar-refractivity contribution is 7.86. The zero-order valence-corrected chi connectivity index (χ0v) is 12.8. The van der Waals surface area contributed by atoms with E-state index in [9.17, 15) is 13.2 Å². The lowest BCUT2D eigenvalue weighted by molar-refractivity contribution is -0.140. The van der Waals surface area contributed by atoms with E-state index in [-0.39, 0.29) is 13.0 Å². The Morgan fingerprint density at radius 2 is 2.05 bits per heavy atom. The molecule has 0 bridgehead atoms. The van der Waals surface area contributed by atoms with E-state index in [0.717, 1.165) is 9.18 Å². The standard InChI is InChI=1S/C11H18N2O4S2/c1-12(7-6-11(14)17-3)19(15,16)13(2)9-10-5-4-8-18-10/h4-5,8H,6-7,9H2,1-3H3. The van der Waals surface area contributed by atoms with Crippen LogP contribution in [0.1, 0.15) is 11.3 Å². The Morgan fingerprint density at radius 3 is 2.58 bits per heavy atom. The molecule has 0 radical (unpaired) electrons. The van der Waals surface area contributed by atoms with Crippen LogP contribution in [0.5, 0.6) is 0 Å². The fourth-order valence-corrected chi connectivity index (χ4v) is 3.35. The van der Waals surface area contributed by atoms with Gasteiger partial charge in [-0.05, 0) is 11.4 Å². The summed E-state index contributed by atoms with van der Waals surface area (Å²) in [5, 5.41) is 1.90. The van der Waals surface area contributed by atoms with Gasteiger partial charge in [0, 0.05) is 32.1 Å². The lowest BCUT2D eigenvalue weighted by atomic mass is 10.4. The first-order chi connectivity index (χ1) is 8.87. The van der Waals surface area contributed by atoms with Gasteiger partial charge in [-0.25, -0.2) is 0 Å². The minimum atomic E-state index is -3.55. The van der Waals surface area contributed by atoms with E-state index in [1.54, 1.807) is 0 Å². The highest BCUT2D eigenvalue weighted by Gasteiger charge is 2.24. The molecule has 0 aliphatic carbocycles. The van der Waals surface area contributed by atoms with Gasteiger partial charge < -0.3 is 4.74 Å². The summed E-state index contributed by atoms with van der Waals surface area (Å²) < 4.78 is 31.2. The summed E-state index contributed by atoms with van der Waals surface area (Å²) in [7, 11) is 0.689. The third-order valence-electron chi connectivity index (χ3n) is 2.60. The molecule has 0 unspecified atom stereocenters. The van der Waals surface area contributed by atoms with Crippen molar-refractivity contribution >= 4 is 27.5 Å². The highest BCUT2D eigenvalue weighted by atomic mass is 32.2. The summed E-state index contributed by atoms with van der Waals surface area (Å²) in [4.78, 5) is 12.0. The molecule has 0 atom stereocenters. The number of rotatable bonds is 7. The van der Waals surface area contributed by atoms with Crippen LogP contribution in [-0.4, -0.2) is 50.7 Å². The van der Waals surface area contributed by atoms with Crippen molar-refractivity contribution in [2.24, 2.45) is 0 Å². The zero-order valence-electron chi connectivity index (χ0n) is 11.2. The Morgan fingerprint density at radius 1 is 1.37 bits per heavy atom. The Labute approximate surface area is 117 Å². The molecule has 0 amide bonds. The van der Waals surface area contributed by atoms with E-state index in [1.807, 2.05) is 17.5 Å². The Hall–Kier alpha value is -0.960. The van der Waals surface area contributed by atoms with Crippen LogP contribution in [-0.2, 0) is 26.3 Å². The summed E-state index contributed by atoms with van der Waals surface area (Å²) in [6.45, 7) is 0.423. The van der Waals surface area contributed by atoms with Gasteiger partial charge in [0.2, 0.25) is 0 Å². The lowest BCUT2D eigenvalue weighted by Gasteiger charge is -2.23. The molecule has 0 aliphatic heterocycles. The molecule has 1 rings (SSSR count).